The first-order valence-corrected chi connectivity index (χ1v) is 10.8. The highest BCUT2D eigenvalue weighted by atomic mass is 19.1. The van der Waals surface area contributed by atoms with Crippen LogP contribution in [-0.2, 0) is 16.0 Å². The Labute approximate surface area is 186 Å². The molecule has 0 fully saturated rings. The molecule has 0 spiro atoms. The molecule has 1 N–H and O–H groups in total. The number of benzene rings is 2. The molecule has 1 aliphatic rings. The number of fused-ring (bicyclic) bond motifs is 3. The van der Waals surface area contributed by atoms with E-state index < -0.39 is 23.6 Å². The maximum atomic E-state index is 15.4. The summed E-state index contributed by atoms with van der Waals surface area (Å²) in [7, 11) is 0. The fourth-order valence-corrected chi connectivity index (χ4v) is 4.43. The number of carbonyl (C=O) groups is 1. The number of rotatable bonds is 7. The number of hydrogen-bond acceptors (Lipinski definition) is 3. The van der Waals surface area contributed by atoms with Gasteiger partial charge in [-0.1, -0.05) is 24.3 Å². The summed E-state index contributed by atoms with van der Waals surface area (Å²) in [6.45, 7) is 7.06. The summed E-state index contributed by atoms with van der Waals surface area (Å²) < 4.78 is 35.6. The molecule has 1 aliphatic heterocycles. The van der Waals surface area contributed by atoms with E-state index in [0.29, 0.717) is 13.1 Å². The van der Waals surface area contributed by atoms with Crippen LogP contribution in [0, 0.1) is 11.6 Å². The average Bonchev–Trinajstić information content (AvgIpc) is 3.15. The van der Waals surface area contributed by atoms with Gasteiger partial charge in [-0.3, -0.25) is 4.90 Å². The van der Waals surface area contributed by atoms with Crippen molar-refractivity contribution in [3.05, 3.63) is 89.1 Å². The Morgan fingerprint density at radius 3 is 2.75 bits per heavy atom. The summed E-state index contributed by atoms with van der Waals surface area (Å²) in [6.07, 6.45) is 5.86. The van der Waals surface area contributed by atoms with E-state index in [9.17, 15) is 4.79 Å². The minimum atomic E-state index is -0.645. The predicted octanol–water partition coefficient (Wildman–Crippen LogP) is 5.55. The fraction of sp³-hybridized carbons (Fsp3) is 0.269. The van der Waals surface area contributed by atoms with Crippen molar-refractivity contribution in [2.45, 2.75) is 25.8 Å². The molecule has 0 amide bonds. The largest absolute Gasteiger partial charge is 0.463 e. The molecule has 0 saturated heterocycles. The van der Waals surface area contributed by atoms with Crippen LogP contribution in [0.1, 0.15) is 41.8 Å². The summed E-state index contributed by atoms with van der Waals surface area (Å²) in [5.74, 6) is -1.84. The van der Waals surface area contributed by atoms with E-state index in [0.717, 1.165) is 35.0 Å². The van der Waals surface area contributed by atoms with E-state index in [-0.39, 0.29) is 17.7 Å². The molecule has 2 heterocycles. The molecule has 4 nitrogen and oxygen atoms in total. The van der Waals surface area contributed by atoms with Gasteiger partial charge < -0.3 is 9.72 Å². The molecule has 0 unspecified atom stereocenters. The standard InChI is InChI=1S/C26H26F2N2O2/c1-3-5-13-30-14-12-19-18-8-6-7-9-22(18)29-25(19)26(30)24-20(27)15-17(16-21(24)28)10-11-23(31)32-4-2/h3,6-11,15-16,26,29H,1,4-5,12-14H2,2H3/b11-10+/t26-/m1/s1. The molecule has 2 aromatic carbocycles. The number of nitrogens with zero attached hydrogens (tertiary/aromatic N) is 1. The van der Waals surface area contributed by atoms with Gasteiger partial charge >= 0.3 is 5.97 Å². The molecule has 0 saturated carbocycles. The van der Waals surface area contributed by atoms with Gasteiger partial charge in [0, 0.05) is 41.3 Å². The Morgan fingerprint density at radius 1 is 1.28 bits per heavy atom. The summed E-state index contributed by atoms with van der Waals surface area (Å²) in [4.78, 5) is 17.1. The van der Waals surface area contributed by atoms with Crippen LogP contribution in [0.5, 0.6) is 0 Å². The Hall–Kier alpha value is -3.25. The van der Waals surface area contributed by atoms with E-state index in [1.165, 1.54) is 24.3 Å². The number of H-pyrrole nitrogens is 1. The number of ether oxygens (including phenoxy) is 1. The number of para-hydroxylation sites is 1. The Bertz CT molecular complexity index is 1160. The zero-order valence-electron chi connectivity index (χ0n) is 18.0. The number of halogens is 2. The van der Waals surface area contributed by atoms with Crippen molar-refractivity contribution in [2.75, 3.05) is 19.7 Å². The first kappa shape index (κ1) is 22.0. The van der Waals surface area contributed by atoms with Gasteiger partial charge in [0.1, 0.15) is 11.6 Å². The van der Waals surface area contributed by atoms with E-state index in [2.05, 4.69) is 16.5 Å². The monoisotopic (exact) mass is 436 g/mol. The third kappa shape index (κ3) is 4.23. The second kappa shape index (κ2) is 9.49. The number of aromatic nitrogens is 1. The van der Waals surface area contributed by atoms with Gasteiger partial charge in [-0.15, -0.1) is 6.58 Å². The summed E-state index contributed by atoms with van der Waals surface area (Å²) >= 11 is 0. The van der Waals surface area contributed by atoms with Crippen LogP contribution in [0.2, 0.25) is 0 Å². The smallest absolute Gasteiger partial charge is 0.330 e. The van der Waals surface area contributed by atoms with Gasteiger partial charge in [0.25, 0.3) is 0 Å². The lowest BCUT2D eigenvalue weighted by Gasteiger charge is -2.36. The molecular formula is C26H26F2N2O2. The predicted molar refractivity (Wildman–Crippen MR) is 122 cm³/mol. The molecule has 1 aromatic heterocycles. The van der Waals surface area contributed by atoms with Gasteiger partial charge in [-0.25, -0.2) is 13.6 Å². The van der Waals surface area contributed by atoms with Crippen LogP contribution < -0.4 is 0 Å². The van der Waals surface area contributed by atoms with Crippen molar-refractivity contribution in [3.8, 4) is 0 Å². The summed E-state index contributed by atoms with van der Waals surface area (Å²) in [5, 5.41) is 1.09. The van der Waals surface area contributed by atoms with E-state index >= 15 is 8.78 Å². The zero-order valence-corrected chi connectivity index (χ0v) is 18.0. The second-order valence-corrected chi connectivity index (χ2v) is 7.81. The summed E-state index contributed by atoms with van der Waals surface area (Å²) in [5.41, 5.74) is 3.17. The normalized spacial score (nSPS) is 16.4. The molecule has 3 aromatic rings. The Kier molecular flexibility index (Phi) is 6.51. The second-order valence-electron chi connectivity index (χ2n) is 7.81. The lowest BCUT2D eigenvalue weighted by Crippen LogP contribution is -2.37. The van der Waals surface area contributed by atoms with Crippen LogP contribution in [0.15, 0.2) is 55.1 Å². The third-order valence-electron chi connectivity index (χ3n) is 5.83. The van der Waals surface area contributed by atoms with Crippen LogP contribution in [0.3, 0.4) is 0 Å². The molecule has 0 radical (unpaired) electrons. The fourth-order valence-electron chi connectivity index (χ4n) is 4.43. The molecule has 1 atom stereocenters. The zero-order chi connectivity index (χ0) is 22.7. The quantitative estimate of drug-likeness (QED) is 0.300. The van der Waals surface area contributed by atoms with Gasteiger partial charge in [-0.05, 0) is 55.2 Å². The van der Waals surface area contributed by atoms with Gasteiger partial charge in [0.15, 0.2) is 0 Å². The average molecular weight is 437 g/mol. The molecule has 6 heteroatoms. The van der Waals surface area contributed by atoms with E-state index in [4.69, 9.17) is 4.74 Å². The molecule has 0 aliphatic carbocycles. The highest BCUT2D eigenvalue weighted by Gasteiger charge is 2.34. The molecule has 4 rings (SSSR count). The van der Waals surface area contributed by atoms with Crippen LogP contribution in [-0.4, -0.2) is 35.5 Å². The van der Waals surface area contributed by atoms with Gasteiger partial charge in [0.2, 0.25) is 0 Å². The maximum Gasteiger partial charge on any atom is 0.330 e. The van der Waals surface area contributed by atoms with Crippen LogP contribution in [0.25, 0.3) is 17.0 Å². The first-order valence-electron chi connectivity index (χ1n) is 10.8. The van der Waals surface area contributed by atoms with E-state index in [1.807, 2.05) is 30.3 Å². The maximum absolute atomic E-state index is 15.4. The Balaban J connectivity index is 1.78. The number of nitrogens with one attached hydrogen (secondary N) is 1. The number of carbonyl (C=O) groups excluding carboxylic acids is 1. The van der Waals surface area contributed by atoms with Crippen molar-refractivity contribution in [1.29, 1.82) is 0 Å². The molecular weight excluding hydrogens is 410 g/mol. The van der Waals surface area contributed by atoms with Crippen molar-refractivity contribution < 1.29 is 18.3 Å². The van der Waals surface area contributed by atoms with Crippen LogP contribution in [0.4, 0.5) is 8.78 Å². The number of hydrogen-bond donors (Lipinski definition) is 1. The molecule has 0 bridgehead atoms. The number of aromatic amines is 1. The van der Waals surface area contributed by atoms with Crippen molar-refractivity contribution in [3.63, 3.8) is 0 Å². The van der Waals surface area contributed by atoms with Crippen molar-refractivity contribution in [1.82, 2.24) is 9.88 Å². The highest BCUT2D eigenvalue weighted by molar-refractivity contribution is 5.87. The van der Waals surface area contributed by atoms with Crippen LogP contribution >= 0.6 is 0 Å². The lowest BCUT2D eigenvalue weighted by atomic mass is 9.91. The Morgan fingerprint density at radius 2 is 2.03 bits per heavy atom. The van der Waals surface area contributed by atoms with Gasteiger partial charge in [-0.2, -0.15) is 0 Å². The first-order chi connectivity index (χ1) is 15.5. The van der Waals surface area contributed by atoms with Crippen molar-refractivity contribution >= 4 is 22.9 Å². The topological polar surface area (TPSA) is 45.3 Å². The number of esters is 1. The van der Waals surface area contributed by atoms with E-state index in [1.54, 1.807) is 6.92 Å². The SMILES string of the molecule is C=CCCN1CCc2c([nH]c3ccccc23)[C@H]1c1c(F)cc(/C=C/C(=O)OCC)cc1F. The van der Waals surface area contributed by atoms with Gasteiger partial charge in [0.05, 0.1) is 12.6 Å². The molecule has 32 heavy (non-hydrogen) atoms. The third-order valence-corrected chi connectivity index (χ3v) is 5.83. The van der Waals surface area contributed by atoms with Crippen molar-refractivity contribution in [2.24, 2.45) is 0 Å². The minimum absolute atomic E-state index is 0.00912. The minimum Gasteiger partial charge on any atom is -0.463 e. The highest BCUT2D eigenvalue weighted by Crippen LogP contribution is 2.40. The lowest BCUT2D eigenvalue weighted by molar-refractivity contribution is -0.137. The summed E-state index contributed by atoms with van der Waals surface area (Å²) in [6, 6.07) is 9.88. The molecule has 166 valence electrons.